The van der Waals surface area contributed by atoms with Crippen LogP contribution in [0.25, 0.3) is 16.7 Å². The standard InChI is InChI=1S/C20H21N3O2S/c1-5-13-10-17(26-12-18(24)25-20(2,3)4)23-16-9-7-6-8-15(16)22-19(23)14(13)11-21/h6-10H,5,12H2,1-4H3. The molecule has 0 saturated heterocycles. The van der Waals surface area contributed by atoms with E-state index in [-0.39, 0.29) is 11.7 Å². The van der Waals surface area contributed by atoms with Crippen molar-refractivity contribution in [3.8, 4) is 6.07 Å². The Morgan fingerprint density at radius 2 is 2.08 bits per heavy atom. The van der Waals surface area contributed by atoms with Crippen LogP contribution in [0.3, 0.4) is 0 Å². The van der Waals surface area contributed by atoms with E-state index in [2.05, 4.69) is 11.1 Å². The van der Waals surface area contributed by atoms with Gasteiger partial charge in [-0.15, -0.1) is 0 Å². The molecule has 3 aromatic rings. The predicted octanol–water partition coefficient (Wildman–Crippen LogP) is 4.36. The molecule has 5 nitrogen and oxygen atoms in total. The van der Waals surface area contributed by atoms with E-state index < -0.39 is 5.60 Å². The Balaban J connectivity index is 2.09. The minimum atomic E-state index is -0.506. The Kier molecular flexibility index (Phi) is 4.92. The number of aromatic nitrogens is 2. The van der Waals surface area contributed by atoms with Crippen LogP contribution in [0, 0.1) is 11.3 Å². The molecule has 0 amide bonds. The smallest absolute Gasteiger partial charge is 0.316 e. The summed E-state index contributed by atoms with van der Waals surface area (Å²) >= 11 is 1.41. The van der Waals surface area contributed by atoms with E-state index in [9.17, 15) is 10.1 Å². The molecule has 2 heterocycles. The molecule has 134 valence electrons. The molecular formula is C20H21N3O2S. The number of imidazole rings is 1. The van der Waals surface area contributed by atoms with Gasteiger partial charge in [-0.25, -0.2) is 4.98 Å². The summed E-state index contributed by atoms with van der Waals surface area (Å²) in [5.41, 5.74) is 3.41. The first-order valence-corrected chi connectivity index (χ1v) is 9.50. The SMILES string of the molecule is CCc1cc(SCC(=O)OC(C)(C)C)n2c(nc3ccccc32)c1C#N. The summed E-state index contributed by atoms with van der Waals surface area (Å²) in [5, 5.41) is 10.5. The number of nitrogens with zero attached hydrogens (tertiary/aromatic N) is 3. The number of para-hydroxylation sites is 2. The lowest BCUT2D eigenvalue weighted by Crippen LogP contribution is -2.25. The lowest BCUT2D eigenvalue weighted by atomic mass is 10.1. The lowest BCUT2D eigenvalue weighted by Gasteiger charge is -2.19. The molecule has 0 spiro atoms. The van der Waals surface area contributed by atoms with Gasteiger partial charge in [0.25, 0.3) is 0 Å². The first kappa shape index (κ1) is 18.3. The van der Waals surface area contributed by atoms with Crippen LogP contribution in [0.1, 0.15) is 38.8 Å². The quantitative estimate of drug-likeness (QED) is 0.506. The highest BCUT2D eigenvalue weighted by atomic mass is 32.2. The number of ether oxygens (including phenoxy) is 1. The van der Waals surface area contributed by atoms with Crippen molar-refractivity contribution in [1.82, 2.24) is 9.38 Å². The molecule has 0 aliphatic rings. The van der Waals surface area contributed by atoms with Gasteiger partial charge in [-0.2, -0.15) is 5.26 Å². The highest BCUT2D eigenvalue weighted by molar-refractivity contribution is 7.99. The molecule has 3 rings (SSSR count). The third kappa shape index (κ3) is 3.54. The van der Waals surface area contributed by atoms with Gasteiger partial charge < -0.3 is 4.74 Å². The normalized spacial score (nSPS) is 11.7. The minimum absolute atomic E-state index is 0.202. The van der Waals surface area contributed by atoms with Crippen molar-refractivity contribution in [3.63, 3.8) is 0 Å². The highest BCUT2D eigenvalue weighted by Crippen LogP contribution is 2.30. The molecule has 0 saturated carbocycles. The Morgan fingerprint density at radius 3 is 2.73 bits per heavy atom. The van der Waals surface area contributed by atoms with E-state index in [0.29, 0.717) is 11.2 Å². The molecule has 0 radical (unpaired) electrons. The van der Waals surface area contributed by atoms with Crippen molar-refractivity contribution in [2.24, 2.45) is 0 Å². The van der Waals surface area contributed by atoms with Gasteiger partial charge in [0.1, 0.15) is 11.7 Å². The van der Waals surface area contributed by atoms with Gasteiger partial charge in [-0.05, 0) is 51.0 Å². The van der Waals surface area contributed by atoms with Crippen LogP contribution >= 0.6 is 11.8 Å². The van der Waals surface area contributed by atoms with Crippen LogP contribution in [0.2, 0.25) is 0 Å². The molecule has 0 aliphatic carbocycles. The fraction of sp³-hybridized carbons (Fsp3) is 0.350. The lowest BCUT2D eigenvalue weighted by molar-refractivity contribution is -0.151. The van der Waals surface area contributed by atoms with Crippen molar-refractivity contribution in [1.29, 1.82) is 5.26 Å². The second-order valence-corrected chi connectivity index (χ2v) is 7.98. The summed E-state index contributed by atoms with van der Waals surface area (Å²) in [6.07, 6.45) is 0.725. The van der Waals surface area contributed by atoms with Gasteiger partial charge in [0.2, 0.25) is 0 Å². The highest BCUT2D eigenvalue weighted by Gasteiger charge is 2.19. The number of fused-ring (bicyclic) bond motifs is 3. The number of rotatable bonds is 4. The molecule has 0 unspecified atom stereocenters. The maximum Gasteiger partial charge on any atom is 0.316 e. The van der Waals surface area contributed by atoms with Crippen LogP contribution in [0.15, 0.2) is 35.4 Å². The van der Waals surface area contributed by atoms with Gasteiger partial charge in [-0.1, -0.05) is 30.8 Å². The van der Waals surface area contributed by atoms with Crippen molar-refractivity contribution < 1.29 is 9.53 Å². The van der Waals surface area contributed by atoms with Crippen LogP contribution in [-0.2, 0) is 16.0 Å². The van der Waals surface area contributed by atoms with E-state index in [4.69, 9.17) is 4.74 Å². The monoisotopic (exact) mass is 367 g/mol. The number of nitriles is 1. The Labute approximate surface area is 157 Å². The van der Waals surface area contributed by atoms with Gasteiger partial charge in [-0.3, -0.25) is 9.20 Å². The van der Waals surface area contributed by atoms with Crippen molar-refractivity contribution in [3.05, 3.63) is 41.5 Å². The molecular weight excluding hydrogens is 346 g/mol. The number of hydrogen-bond acceptors (Lipinski definition) is 5. The number of carbonyl (C=O) groups is 1. The predicted molar refractivity (Wildman–Crippen MR) is 103 cm³/mol. The first-order chi connectivity index (χ1) is 12.3. The van der Waals surface area contributed by atoms with E-state index in [1.54, 1.807) is 0 Å². The topological polar surface area (TPSA) is 67.4 Å². The summed E-state index contributed by atoms with van der Waals surface area (Å²) in [5.74, 6) is -0.0593. The maximum absolute atomic E-state index is 12.1. The van der Waals surface area contributed by atoms with Gasteiger partial charge >= 0.3 is 5.97 Å². The molecule has 0 atom stereocenters. The fourth-order valence-electron chi connectivity index (χ4n) is 2.86. The molecule has 2 aromatic heterocycles. The summed E-state index contributed by atoms with van der Waals surface area (Å²) in [6.45, 7) is 7.58. The van der Waals surface area contributed by atoms with Crippen molar-refractivity contribution >= 4 is 34.4 Å². The number of carbonyl (C=O) groups excluding carboxylic acids is 1. The van der Waals surface area contributed by atoms with Gasteiger partial charge in [0.05, 0.1) is 27.4 Å². The number of hydrogen-bond donors (Lipinski definition) is 0. The minimum Gasteiger partial charge on any atom is -0.459 e. The Bertz CT molecular complexity index is 1030. The number of aryl methyl sites for hydroxylation is 1. The largest absolute Gasteiger partial charge is 0.459 e. The average molecular weight is 367 g/mol. The molecule has 0 N–H and O–H groups in total. The first-order valence-electron chi connectivity index (χ1n) is 8.52. The summed E-state index contributed by atoms with van der Waals surface area (Å²) in [7, 11) is 0. The third-order valence-electron chi connectivity index (χ3n) is 3.87. The van der Waals surface area contributed by atoms with Crippen LogP contribution in [0.4, 0.5) is 0 Å². The fourth-order valence-corrected chi connectivity index (χ4v) is 3.72. The van der Waals surface area contributed by atoms with Crippen LogP contribution in [-0.4, -0.2) is 26.7 Å². The second-order valence-electron chi connectivity index (χ2n) is 6.98. The number of thioether (sulfide) groups is 1. The van der Waals surface area contributed by atoms with Crippen molar-refractivity contribution in [2.45, 2.75) is 44.7 Å². The molecule has 6 heteroatoms. The zero-order valence-electron chi connectivity index (χ0n) is 15.4. The van der Waals surface area contributed by atoms with E-state index in [1.165, 1.54) is 11.8 Å². The molecule has 0 bridgehead atoms. The van der Waals surface area contributed by atoms with E-state index in [1.807, 2.05) is 62.4 Å². The number of pyridine rings is 1. The number of benzene rings is 1. The van der Waals surface area contributed by atoms with Gasteiger partial charge in [0, 0.05) is 0 Å². The molecule has 26 heavy (non-hydrogen) atoms. The van der Waals surface area contributed by atoms with Crippen molar-refractivity contribution in [2.75, 3.05) is 5.75 Å². The summed E-state index contributed by atoms with van der Waals surface area (Å²) in [6, 6.07) is 12.0. The van der Waals surface area contributed by atoms with Gasteiger partial charge in [0.15, 0.2) is 5.65 Å². The Hall–Kier alpha value is -2.52. The molecule has 1 aromatic carbocycles. The summed E-state index contributed by atoms with van der Waals surface area (Å²) < 4.78 is 7.37. The molecule has 0 fully saturated rings. The summed E-state index contributed by atoms with van der Waals surface area (Å²) in [4.78, 5) is 16.8. The molecule has 0 aliphatic heterocycles. The third-order valence-corrected chi connectivity index (χ3v) is 4.85. The van der Waals surface area contributed by atoms with E-state index in [0.717, 1.165) is 28.0 Å². The van der Waals surface area contributed by atoms with E-state index >= 15 is 0 Å². The Morgan fingerprint density at radius 1 is 1.35 bits per heavy atom. The van der Waals surface area contributed by atoms with Crippen LogP contribution in [0.5, 0.6) is 0 Å². The number of esters is 1. The zero-order valence-corrected chi connectivity index (χ0v) is 16.2. The van der Waals surface area contributed by atoms with Crippen LogP contribution < -0.4 is 0 Å². The maximum atomic E-state index is 12.1. The second kappa shape index (κ2) is 7.00. The average Bonchev–Trinajstić information content (AvgIpc) is 2.97. The zero-order chi connectivity index (χ0) is 18.9.